The summed E-state index contributed by atoms with van der Waals surface area (Å²) in [5.41, 5.74) is 1.04. The maximum Gasteiger partial charge on any atom is 0.303 e. The van der Waals surface area contributed by atoms with Gasteiger partial charge in [0.05, 0.1) is 10.6 Å². The normalized spacial score (nSPS) is 17.1. The molecule has 186 valence electrons. The lowest BCUT2D eigenvalue weighted by molar-refractivity contribution is -0.384. The number of aromatic hydroxyl groups is 1. The minimum absolute atomic E-state index is 0.0307. The van der Waals surface area contributed by atoms with Gasteiger partial charge in [-0.1, -0.05) is 19.9 Å². The van der Waals surface area contributed by atoms with Crippen molar-refractivity contribution in [3.8, 4) is 5.75 Å². The summed E-state index contributed by atoms with van der Waals surface area (Å²) in [5.74, 6) is -2.02. The lowest BCUT2D eigenvalue weighted by Gasteiger charge is -2.39. The van der Waals surface area contributed by atoms with Crippen LogP contribution >= 0.6 is 0 Å². The first-order chi connectivity index (χ1) is 16.3. The van der Waals surface area contributed by atoms with E-state index in [2.05, 4.69) is 10.2 Å². The van der Waals surface area contributed by atoms with Crippen LogP contribution < -0.4 is 0 Å². The highest BCUT2D eigenvalue weighted by Gasteiger charge is 2.37. The van der Waals surface area contributed by atoms with E-state index in [0.717, 1.165) is 0 Å². The lowest BCUT2D eigenvalue weighted by atomic mass is 9.66. The Kier molecular flexibility index (Phi) is 7.36. The molecule has 0 saturated carbocycles. The summed E-state index contributed by atoms with van der Waals surface area (Å²) in [6.45, 7) is 3.76. The molecule has 3 N–H and O–H groups in total. The highest BCUT2D eigenvalue weighted by atomic mass is 32.2. The third kappa shape index (κ3) is 6.49. The second-order valence-corrected chi connectivity index (χ2v) is 10.4. The molecule has 0 aliphatic heterocycles. The van der Waals surface area contributed by atoms with Crippen molar-refractivity contribution in [2.45, 2.75) is 39.0 Å². The van der Waals surface area contributed by atoms with Gasteiger partial charge in [-0.25, -0.2) is 0 Å². The zero-order valence-corrected chi connectivity index (χ0v) is 19.9. The standard InChI is InChI=1S/C23H25N3O8S/c1-23(2)12-14(13-35(32,33)34)17-10-20(25-24-15-6-8-16(9-7-15)26(30)31)21(27)11-18(17)19(23)4-3-5-22(28)29/h6-12,19,27H,3-5,13H2,1-2H3,(H,28,29)(H,32,33,34)/b25-24+. The number of fused-ring (bicyclic) bond motifs is 1. The molecule has 12 heteroatoms. The van der Waals surface area contributed by atoms with Gasteiger partial charge in [-0.15, -0.1) is 5.11 Å². The second-order valence-electron chi connectivity index (χ2n) is 8.96. The van der Waals surface area contributed by atoms with Crippen molar-refractivity contribution < 1.29 is 32.9 Å². The highest BCUT2D eigenvalue weighted by Crippen LogP contribution is 2.51. The summed E-state index contributed by atoms with van der Waals surface area (Å²) >= 11 is 0. The molecule has 1 aliphatic carbocycles. The number of nitrogens with zero attached hydrogens (tertiary/aromatic N) is 3. The number of non-ortho nitro benzene ring substituents is 1. The van der Waals surface area contributed by atoms with Gasteiger partial charge < -0.3 is 10.2 Å². The first kappa shape index (κ1) is 26.0. The molecule has 2 aromatic rings. The summed E-state index contributed by atoms with van der Waals surface area (Å²) < 4.78 is 32.9. The van der Waals surface area contributed by atoms with Gasteiger partial charge in [-0.3, -0.25) is 19.5 Å². The zero-order chi connectivity index (χ0) is 26.0. The number of hydrogen-bond acceptors (Lipinski definition) is 8. The van der Waals surface area contributed by atoms with Gasteiger partial charge in [0.25, 0.3) is 15.8 Å². The number of benzene rings is 2. The molecule has 0 fully saturated rings. The summed E-state index contributed by atoms with van der Waals surface area (Å²) in [6.07, 6.45) is 2.57. The summed E-state index contributed by atoms with van der Waals surface area (Å²) in [7, 11) is -4.37. The number of aliphatic carboxylic acids is 1. The van der Waals surface area contributed by atoms with Crippen LogP contribution in [0.25, 0.3) is 5.57 Å². The number of phenols is 1. The Morgan fingerprint density at radius 1 is 1.17 bits per heavy atom. The molecule has 35 heavy (non-hydrogen) atoms. The van der Waals surface area contributed by atoms with Gasteiger partial charge in [0.15, 0.2) is 0 Å². The van der Waals surface area contributed by atoms with E-state index in [9.17, 15) is 33.0 Å². The number of allylic oxidation sites excluding steroid dienone is 1. The molecule has 0 radical (unpaired) electrons. The van der Waals surface area contributed by atoms with Crippen molar-refractivity contribution in [1.29, 1.82) is 0 Å². The molecule has 1 unspecified atom stereocenters. The van der Waals surface area contributed by atoms with E-state index in [1.54, 1.807) is 6.08 Å². The number of phenolic OH excluding ortho intramolecular Hbond substituents is 1. The van der Waals surface area contributed by atoms with Crippen molar-refractivity contribution in [2.24, 2.45) is 15.6 Å². The maximum atomic E-state index is 11.7. The van der Waals surface area contributed by atoms with E-state index in [-0.39, 0.29) is 29.5 Å². The minimum Gasteiger partial charge on any atom is -0.506 e. The third-order valence-electron chi connectivity index (χ3n) is 5.87. The molecule has 0 saturated heterocycles. The SMILES string of the molecule is CC1(C)C=C(CS(=O)(=O)O)c2cc(/N=N/c3ccc([N+](=O)[O-])cc3)c(O)cc2C1CCCC(=O)O. The molecule has 0 aromatic heterocycles. The monoisotopic (exact) mass is 503 g/mol. The van der Waals surface area contributed by atoms with Crippen molar-refractivity contribution in [3.05, 3.63) is 63.7 Å². The molecular weight excluding hydrogens is 478 g/mol. The van der Waals surface area contributed by atoms with Crippen LogP contribution in [-0.4, -0.2) is 39.8 Å². The fourth-order valence-electron chi connectivity index (χ4n) is 4.32. The van der Waals surface area contributed by atoms with E-state index in [1.165, 1.54) is 36.4 Å². The number of azo groups is 1. The van der Waals surface area contributed by atoms with Gasteiger partial charge in [0.2, 0.25) is 0 Å². The molecule has 0 amide bonds. The average molecular weight is 504 g/mol. The molecule has 1 aliphatic rings. The van der Waals surface area contributed by atoms with E-state index >= 15 is 0 Å². The first-order valence-electron chi connectivity index (χ1n) is 10.7. The number of carbonyl (C=O) groups is 1. The number of nitro groups is 1. The molecular formula is C23H25N3O8S. The van der Waals surface area contributed by atoms with Crippen LogP contribution in [0.3, 0.4) is 0 Å². The smallest absolute Gasteiger partial charge is 0.303 e. The van der Waals surface area contributed by atoms with E-state index in [1.807, 2.05) is 13.8 Å². The fourth-order valence-corrected chi connectivity index (χ4v) is 4.95. The third-order valence-corrected chi connectivity index (χ3v) is 6.54. The van der Waals surface area contributed by atoms with Crippen molar-refractivity contribution >= 4 is 38.7 Å². The van der Waals surface area contributed by atoms with Gasteiger partial charge >= 0.3 is 5.97 Å². The van der Waals surface area contributed by atoms with Crippen molar-refractivity contribution in [3.63, 3.8) is 0 Å². The van der Waals surface area contributed by atoms with Crippen LogP contribution in [0, 0.1) is 15.5 Å². The Balaban J connectivity index is 2.04. The number of rotatable bonds is 9. The Morgan fingerprint density at radius 3 is 2.40 bits per heavy atom. The number of hydrogen-bond donors (Lipinski definition) is 3. The predicted octanol–water partition coefficient (Wildman–Crippen LogP) is 5.37. The molecule has 1 atom stereocenters. The topological polar surface area (TPSA) is 180 Å². The molecule has 0 spiro atoms. The number of carboxylic acids is 1. The first-order valence-corrected chi connectivity index (χ1v) is 12.3. The van der Waals surface area contributed by atoms with Gasteiger partial charge in [-0.2, -0.15) is 13.5 Å². The Labute approximate surface area is 201 Å². The van der Waals surface area contributed by atoms with E-state index < -0.39 is 32.2 Å². The van der Waals surface area contributed by atoms with Crippen molar-refractivity contribution in [2.75, 3.05) is 5.75 Å². The Bertz CT molecular complexity index is 1320. The zero-order valence-electron chi connectivity index (χ0n) is 19.1. The maximum absolute atomic E-state index is 11.7. The molecule has 11 nitrogen and oxygen atoms in total. The van der Waals surface area contributed by atoms with Gasteiger partial charge in [-0.05, 0) is 65.1 Å². The number of nitro benzene ring substituents is 1. The van der Waals surface area contributed by atoms with Crippen LogP contribution in [0.4, 0.5) is 17.1 Å². The van der Waals surface area contributed by atoms with E-state index in [4.69, 9.17) is 5.11 Å². The Hall–Kier alpha value is -3.64. The van der Waals surface area contributed by atoms with Crippen LogP contribution in [0.2, 0.25) is 0 Å². The molecule has 0 heterocycles. The van der Waals surface area contributed by atoms with Crippen LogP contribution in [-0.2, 0) is 14.9 Å². The molecule has 0 bridgehead atoms. The summed E-state index contributed by atoms with van der Waals surface area (Å²) in [4.78, 5) is 21.2. The average Bonchev–Trinajstić information content (AvgIpc) is 2.73. The van der Waals surface area contributed by atoms with Crippen molar-refractivity contribution in [1.82, 2.24) is 0 Å². The second kappa shape index (κ2) is 9.92. The van der Waals surface area contributed by atoms with Crippen LogP contribution in [0.5, 0.6) is 5.75 Å². The van der Waals surface area contributed by atoms with Crippen LogP contribution in [0.15, 0.2) is 52.7 Å². The quantitative estimate of drug-likeness (QED) is 0.177. The lowest BCUT2D eigenvalue weighted by Crippen LogP contribution is -2.27. The number of carboxylic acid groups (broad SMARTS) is 1. The van der Waals surface area contributed by atoms with Gasteiger partial charge in [0.1, 0.15) is 17.2 Å². The summed E-state index contributed by atoms with van der Waals surface area (Å²) in [6, 6.07) is 8.23. The van der Waals surface area contributed by atoms with E-state index in [0.29, 0.717) is 35.2 Å². The van der Waals surface area contributed by atoms with Crippen LogP contribution in [0.1, 0.15) is 50.2 Å². The predicted molar refractivity (Wildman–Crippen MR) is 128 cm³/mol. The Morgan fingerprint density at radius 2 is 1.83 bits per heavy atom. The summed E-state index contributed by atoms with van der Waals surface area (Å²) in [5, 5.41) is 38.5. The minimum atomic E-state index is -4.37. The van der Waals surface area contributed by atoms with Gasteiger partial charge in [0, 0.05) is 18.6 Å². The molecule has 2 aromatic carbocycles. The largest absolute Gasteiger partial charge is 0.506 e. The molecule has 3 rings (SSSR count). The highest BCUT2D eigenvalue weighted by molar-refractivity contribution is 7.86. The fraction of sp³-hybridized carbons (Fsp3) is 0.348.